The summed E-state index contributed by atoms with van der Waals surface area (Å²) in [4.78, 5) is 0.0694. The normalized spacial score (nSPS) is 11.8. The van der Waals surface area contributed by atoms with E-state index in [2.05, 4.69) is 10.0 Å². The molecular weight excluding hydrogens is 307 g/mol. The lowest BCUT2D eigenvalue weighted by Crippen LogP contribution is -2.25. The Kier molecular flexibility index (Phi) is 6.56. The third-order valence-electron chi connectivity index (χ3n) is 2.50. The van der Waals surface area contributed by atoms with E-state index in [1.54, 1.807) is 0 Å². The largest absolute Gasteiger partial charge is 0.313 e. The van der Waals surface area contributed by atoms with Crippen LogP contribution < -0.4 is 10.0 Å². The lowest BCUT2D eigenvalue weighted by Gasteiger charge is -2.11. The molecule has 0 bridgehead atoms. The highest BCUT2D eigenvalue weighted by atomic mass is 35.5. The maximum absolute atomic E-state index is 12.1. The van der Waals surface area contributed by atoms with Crippen molar-refractivity contribution in [3.63, 3.8) is 0 Å². The van der Waals surface area contributed by atoms with Crippen LogP contribution in [-0.2, 0) is 16.6 Å². The maximum atomic E-state index is 12.1. The topological polar surface area (TPSA) is 58.2 Å². The lowest BCUT2D eigenvalue weighted by atomic mass is 10.2. The Morgan fingerprint density at radius 2 is 1.84 bits per heavy atom. The van der Waals surface area contributed by atoms with Gasteiger partial charge in [0.2, 0.25) is 10.0 Å². The molecule has 0 heterocycles. The Hall–Kier alpha value is -0.330. The molecule has 0 atom stereocenters. The molecule has 0 aliphatic carbocycles. The standard InChI is InChI=1S/C12H18Cl2N2O2S/c1-3-5-16-19(17,18)12-6-9(8-15-4-2)10(13)7-11(12)14/h6-7,15-16H,3-5,8H2,1-2H3. The van der Waals surface area contributed by atoms with Crippen molar-refractivity contribution < 1.29 is 8.42 Å². The molecule has 0 unspecified atom stereocenters. The predicted octanol–water partition coefficient (Wildman–Crippen LogP) is 2.79. The van der Waals surface area contributed by atoms with Gasteiger partial charge in [-0.3, -0.25) is 0 Å². The second-order valence-electron chi connectivity index (χ2n) is 4.05. The van der Waals surface area contributed by atoms with Gasteiger partial charge in [0.1, 0.15) is 4.90 Å². The summed E-state index contributed by atoms with van der Waals surface area (Å²) in [6, 6.07) is 2.99. The fourth-order valence-electron chi connectivity index (χ4n) is 1.49. The van der Waals surface area contributed by atoms with Gasteiger partial charge in [0, 0.05) is 18.1 Å². The van der Waals surface area contributed by atoms with Gasteiger partial charge in [0.05, 0.1) is 5.02 Å². The summed E-state index contributed by atoms with van der Waals surface area (Å²) in [5, 5.41) is 3.70. The lowest BCUT2D eigenvalue weighted by molar-refractivity contribution is 0.580. The summed E-state index contributed by atoms with van der Waals surface area (Å²) >= 11 is 12.0. The second kappa shape index (κ2) is 7.45. The highest BCUT2D eigenvalue weighted by Crippen LogP contribution is 2.28. The van der Waals surface area contributed by atoms with Crippen LogP contribution in [0, 0.1) is 0 Å². The van der Waals surface area contributed by atoms with Gasteiger partial charge in [-0.15, -0.1) is 0 Å². The summed E-state index contributed by atoms with van der Waals surface area (Å²) in [7, 11) is -3.59. The number of nitrogens with one attached hydrogen (secondary N) is 2. The van der Waals surface area contributed by atoms with Gasteiger partial charge >= 0.3 is 0 Å². The van der Waals surface area contributed by atoms with Crippen LogP contribution in [-0.4, -0.2) is 21.5 Å². The molecule has 19 heavy (non-hydrogen) atoms. The van der Waals surface area contributed by atoms with Crippen LogP contribution in [0.15, 0.2) is 17.0 Å². The Bertz CT molecular complexity index is 533. The van der Waals surface area contributed by atoms with Crippen molar-refractivity contribution in [1.29, 1.82) is 0 Å². The van der Waals surface area contributed by atoms with Gasteiger partial charge in [-0.05, 0) is 30.7 Å². The minimum atomic E-state index is -3.59. The van der Waals surface area contributed by atoms with Crippen LogP contribution in [0.25, 0.3) is 0 Å². The average Bonchev–Trinajstić information content (AvgIpc) is 2.35. The van der Waals surface area contributed by atoms with Crippen molar-refractivity contribution in [3.05, 3.63) is 27.7 Å². The van der Waals surface area contributed by atoms with Crippen molar-refractivity contribution >= 4 is 33.2 Å². The molecule has 0 fully saturated rings. The van der Waals surface area contributed by atoms with Gasteiger partial charge in [0.15, 0.2) is 0 Å². The Morgan fingerprint density at radius 3 is 2.42 bits per heavy atom. The van der Waals surface area contributed by atoms with E-state index in [9.17, 15) is 8.42 Å². The highest BCUT2D eigenvalue weighted by molar-refractivity contribution is 7.89. The van der Waals surface area contributed by atoms with Crippen LogP contribution in [0.5, 0.6) is 0 Å². The van der Waals surface area contributed by atoms with Crippen molar-refractivity contribution in [1.82, 2.24) is 10.0 Å². The molecule has 2 N–H and O–H groups in total. The first-order chi connectivity index (χ1) is 8.92. The number of rotatable bonds is 7. The van der Waals surface area contributed by atoms with Crippen LogP contribution in [0.2, 0.25) is 10.0 Å². The maximum Gasteiger partial charge on any atom is 0.242 e. The van der Waals surface area contributed by atoms with Crippen molar-refractivity contribution in [3.8, 4) is 0 Å². The van der Waals surface area contributed by atoms with E-state index in [-0.39, 0.29) is 9.92 Å². The molecular formula is C12H18Cl2N2O2S. The SMILES string of the molecule is CCCNS(=O)(=O)c1cc(CNCC)c(Cl)cc1Cl. The second-order valence-corrected chi connectivity index (χ2v) is 6.60. The van der Waals surface area contributed by atoms with E-state index >= 15 is 0 Å². The predicted molar refractivity (Wildman–Crippen MR) is 79.3 cm³/mol. The molecule has 0 aliphatic rings. The molecule has 0 amide bonds. The average molecular weight is 325 g/mol. The minimum absolute atomic E-state index is 0.0694. The number of hydrogen-bond donors (Lipinski definition) is 2. The third-order valence-corrected chi connectivity index (χ3v) is 4.78. The Labute approximate surface area is 124 Å². The van der Waals surface area contributed by atoms with Gasteiger partial charge < -0.3 is 5.32 Å². The highest BCUT2D eigenvalue weighted by Gasteiger charge is 2.19. The summed E-state index contributed by atoms with van der Waals surface area (Å²) in [5.41, 5.74) is 0.713. The Balaban J connectivity index is 3.13. The summed E-state index contributed by atoms with van der Waals surface area (Å²) in [5.74, 6) is 0. The van der Waals surface area contributed by atoms with E-state index in [0.717, 1.165) is 6.54 Å². The van der Waals surface area contributed by atoms with Crippen LogP contribution in [0.3, 0.4) is 0 Å². The molecule has 0 radical (unpaired) electrons. The van der Waals surface area contributed by atoms with E-state index in [1.165, 1.54) is 12.1 Å². The first kappa shape index (κ1) is 16.7. The third kappa shape index (κ3) is 4.61. The van der Waals surface area contributed by atoms with Gasteiger partial charge in [-0.25, -0.2) is 13.1 Å². The number of sulfonamides is 1. The molecule has 1 rings (SSSR count). The van der Waals surface area contributed by atoms with E-state index in [1.807, 2.05) is 13.8 Å². The molecule has 0 aliphatic heterocycles. The van der Waals surface area contributed by atoms with Crippen molar-refractivity contribution in [2.24, 2.45) is 0 Å². The van der Waals surface area contributed by atoms with Crippen LogP contribution in [0.1, 0.15) is 25.8 Å². The monoisotopic (exact) mass is 324 g/mol. The Morgan fingerprint density at radius 1 is 1.16 bits per heavy atom. The zero-order chi connectivity index (χ0) is 14.5. The van der Waals surface area contributed by atoms with Gasteiger partial charge in [-0.1, -0.05) is 37.0 Å². The zero-order valence-corrected chi connectivity index (χ0v) is 13.3. The quantitative estimate of drug-likeness (QED) is 0.810. The zero-order valence-electron chi connectivity index (χ0n) is 11.0. The number of benzene rings is 1. The molecule has 108 valence electrons. The van der Waals surface area contributed by atoms with Crippen molar-refractivity contribution in [2.45, 2.75) is 31.7 Å². The van der Waals surface area contributed by atoms with E-state index in [4.69, 9.17) is 23.2 Å². The van der Waals surface area contributed by atoms with Gasteiger partial charge in [-0.2, -0.15) is 0 Å². The number of halogens is 2. The molecule has 0 spiro atoms. The van der Waals surface area contributed by atoms with Gasteiger partial charge in [0.25, 0.3) is 0 Å². The molecule has 1 aromatic carbocycles. The minimum Gasteiger partial charge on any atom is -0.313 e. The van der Waals surface area contributed by atoms with E-state index < -0.39 is 10.0 Å². The fraction of sp³-hybridized carbons (Fsp3) is 0.500. The molecule has 4 nitrogen and oxygen atoms in total. The van der Waals surface area contributed by atoms with Crippen LogP contribution in [0.4, 0.5) is 0 Å². The first-order valence-corrected chi connectivity index (χ1v) is 8.34. The smallest absolute Gasteiger partial charge is 0.242 e. The molecule has 1 aromatic rings. The fourth-order valence-corrected chi connectivity index (χ4v) is 3.48. The van der Waals surface area contributed by atoms with Crippen LogP contribution >= 0.6 is 23.2 Å². The summed E-state index contributed by atoms with van der Waals surface area (Å²) < 4.78 is 26.7. The summed E-state index contributed by atoms with van der Waals surface area (Å²) in [6.45, 7) is 5.51. The molecule has 7 heteroatoms. The molecule has 0 saturated heterocycles. The number of hydrogen-bond acceptors (Lipinski definition) is 3. The summed E-state index contributed by atoms with van der Waals surface area (Å²) in [6.07, 6.45) is 0.717. The van der Waals surface area contributed by atoms with E-state index in [0.29, 0.717) is 30.1 Å². The van der Waals surface area contributed by atoms with Crippen molar-refractivity contribution in [2.75, 3.05) is 13.1 Å². The molecule has 0 saturated carbocycles. The first-order valence-electron chi connectivity index (χ1n) is 6.10. The molecule has 0 aromatic heterocycles.